The standard InChI is InChI=1S/C12H7ClFNO4S/c1-6(16)11-5-9(15(17)18)12(20-11)19-10-3-2-7(14)4-8(10)13/h2-5H,1H3. The third-order valence-corrected chi connectivity index (χ3v) is 3.72. The number of hydrogen-bond donors (Lipinski definition) is 0. The maximum atomic E-state index is 12.9. The second-order valence-corrected chi connectivity index (χ2v) is 5.20. The van der Waals surface area contributed by atoms with Crippen molar-refractivity contribution in [2.24, 2.45) is 0 Å². The van der Waals surface area contributed by atoms with Crippen molar-refractivity contribution in [2.75, 3.05) is 0 Å². The molecule has 0 bridgehead atoms. The summed E-state index contributed by atoms with van der Waals surface area (Å²) in [5.74, 6) is -0.779. The van der Waals surface area contributed by atoms with Gasteiger partial charge in [0.05, 0.1) is 14.8 Å². The van der Waals surface area contributed by atoms with Crippen molar-refractivity contribution in [2.45, 2.75) is 6.92 Å². The van der Waals surface area contributed by atoms with Crippen molar-refractivity contribution < 1.29 is 18.8 Å². The summed E-state index contributed by atoms with van der Waals surface area (Å²) in [4.78, 5) is 21.7. The van der Waals surface area contributed by atoms with Gasteiger partial charge in [-0.2, -0.15) is 0 Å². The Morgan fingerprint density at radius 2 is 2.15 bits per heavy atom. The Hall–Kier alpha value is -1.99. The average molecular weight is 316 g/mol. The minimum atomic E-state index is -0.657. The Morgan fingerprint density at radius 3 is 2.70 bits per heavy atom. The largest absolute Gasteiger partial charge is 0.438 e. The van der Waals surface area contributed by atoms with E-state index in [-0.39, 0.29) is 32.2 Å². The molecule has 0 unspecified atom stereocenters. The van der Waals surface area contributed by atoms with Crippen molar-refractivity contribution in [3.05, 3.63) is 50.1 Å². The molecule has 0 aliphatic heterocycles. The van der Waals surface area contributed by atoms with Crippen LogP contribution in [0.2, 0.25) is 5.02 Å². The molecule has 0 amide bonds. The Morgan fingerprint density at radius 1 is 1.45 bits per heavy atom. The third kappa shape index (κ3) is 2.94. The fourth-order valence-corrected chi connectivity index (χ4v) is 2.49. The van der Waals surface area contributed by atoms with Crippen LogP contribution >= 0.6 is 22.9 Å². The molecule has 0 radical (unpaired) electrons. The molecule has 0 fully saturated rings. The van der Waals surface area contributed by atoms with Crippen LogP contribution in [-0.2, 0) is 0 Å². The van der Waals surface area contributed by atoms with Crippen LogP contribution < -0.4 is 4.74 Å². The van der Waals surface area contributed by atoms with Gasteiger partial charge < -0.3 is 4.74 Å². The quantitative estimate of drug-likeness (QED) is 0.475. The van der Waals surface area contributed by atoms with E-state index in [0.717, 1.165) is 29.5 Å². The summed E-state index contributed by atoms with van der Waals surface area (Å²) < 4.78 is 18.2. The summed E-state index contributed by atoms with van der Waals surface area (Å²) in [5, 5.41) is 10.8. The minimum absolute atomic E-state index is 0.0166. The van der Waals surface area contributed by atoms with Gasteiger partial charge >= 0.3 is 5.69 Å². The number of carbonyl (C=O) groups is 1. The van der Waals surface area contributed by atoms with Gasteiger partial charge in [0.2, 0.25) is 0 Å². The number of benzene rings is 1. The first-order valence-electron chi connectivity index (χ1n) is 5.30. The molecule has 2 aromatic rings. The Labute approximate surface area is 121 Å². The van der Waals surface area contributed by atoms with E-state index < -0.39 is 10.7 Å². The molecule has 1 aromatic heterocycles. The predicted octanol–water partition coefficient (Wildman–Crippen LogP) is 4.44. The van der Waals surface area contributed by atoms with Gasteiger partial charge in [-0.3, -0.25) is 14.9 Å². The average Bonchev–Trinajstić information content (AvgIpc) is 2.77. The second-order valence-electron chi connectivity index (χ2n) is 3.77. The van der Waals surface area contributed by atoms with Crippen LogP contribution in [0.25, 0.3) is 0 Å². The molecule has 0 aliphatic carbocycles. The molecular formula is C12H7ClFNO4S. The Bertz CT molecular complexity index is 701. The van der Waals surface area contributed by atoms with E-state index in [2.05, 4.69) is 0 Å². The molecule has 1 aromatic carbocycles. The highest BCUT2D eigenvalue weighted by molar-refractivity contribution is 7.16. The SMILES string of the molecule is CC(=O)c1cc([N+](=O)[O-])c(Oc2ccc(F)cc2Cl)s1. The number of Topliss-reactive ketones (excluding diaryl/α,β-unsaturated/α-hetero) is 1. The number of carbonyl (C=O) groups excluding carboxylic acids is 1. The summed E-state index contributed by atoms with van der Waals surface area (Å²) in [6, 6.07) is 4.54. The molecule has 104 valence electrons. The lowest BCUT2D eigenvalue weighted by Crippen LogP contribution is -1.90. The molecule has 0 saturated heterocycles. The van der Waals surface area contributed by atoms with E-state index in [4.69, 9.17) is 16.3 Å². The molecule has 0 saturated carbocycles. The molecule has 8 heteroatoms. The maximum absolute atomic E-state index is 12.9. The highest BCUT2D eigenvalue weighted by Gasteiger charge is 2.23. The van der Waals surface area contributed by atoms with Crippen molar-refractivity contribution in [3.8, 4) is 10.8 Å². The van der Waals surface area contributed by atoms with Crippen molar-refractivity contribution in [1.82, 2.24) is 0 Å². The molecule has 0 spiro atoms. The summed E-state index contributed by atoms with van der Waals surface area (Å²) in [5.41, 5.74) is -0.333. The Kier molecular flexibility index (Phi) is 4.01. The van der Waals surface area contributed by atoms with Gasteiger partial charge in [-0.05, 0) is 25.1 Å². The first-order chi connectivity index (χ1) is 9.38. The maximum Gasteiger partial charge on any atom is 0.323 e. The highest BCUT2D eigenvalue weighted by atomic mass is 35.5. The zero-order chi connectivity index (χ0) is 14.9. The van der Waals surface area contributed by atoms with Crippen LogP contribution in [0.1, 0.15) is 16.6 Å². The topological polar surface area (TPSA) is 69.4 Å². The Balaban J connectivity index is 2.42. The molecule has 1 heterocycles. The van der Waals surface area contributed by atoms with Crippen molar-refractivity contribution in [3.63, 3.8) is 0 Å². The molecule has 0 N–H and O–H groups in total. The smallest absolute Gasteiger partial charge is 0.323 e. The monoisotopic (exact) mass is 315 g/mol. The van der Waals surface area contributed by atoms with E-state index in [1.54, 1.807) is 0 Å². The van der Waals surface area contributed by atoms with Gasteiger partial charge in [-0.15, -0.1) is 0 Å². The predicted molar refractivity (Wildman–Crippen MR) is 72.5 cm³/mol. The first-order valence-corrected chi connectivity index (χ1v) is 6.50. The van der Waals surface area contributed by atoms with Gasteiger partial charge in [-0.1, -0.05) is 22.9 Å². The van der Waals surface area contributed by atoms with Crippen LogP contribution in [0.3, 0.4) is 0 Å². The van der Waals surface area contributed by atoms with Crippen LogP contribution in [0.15, 0.2) is 24.3 Å². The summed E-state index contributed by atoms with van der Waals surface area (Å²) in [7, 11) is 0. The molecule has 2 rings (SSSR count). The number of halogens is 2. The van der Waals surface area contributed by atoms with E-state index in [9.17, 15) is 19.3 Å². The van der Waals surface area contributed by atoms with E-state index in [1.165, 1.54) is 13.0 Å². The first kappa shape index (κ1) is 14.4. The van der Waals surface area contributed by atoms with E-state index >= 15 is 0 Å². The molecule has 5 nitrogen and oxygen atoms in total. The minimum Gasteiger partial charge on any atom is -0.438 e. The van der Waals surface area contributed by atoms with Gasteiger partial charge in [0.15, 0.2) is 5.78 Å². The molecular weight excluding hydrogens is 309 g/mol. The van der Waals surface area contributed by atoms with E-state index in [1.807, 2.05) is 0 Å². The zero-order valence-electron chi connectivity index (χ0n) is 10.1. The third-order valence-electron chi connectivity index (χ3n) is 2.32. The summed E-state index contributed by atoms with van der Waals surface area (Å²) in [6.07, 6.45) is 0. The van der Waals surface area contributed by atoms with Crippen LogP contribution in [0, 0.1) is 15.9 Å². The van der Waals surface area contributed by atoms with Gasteiger partial charge in [-0.25, -0.2) is 4.39 Å². The fourth-order valence-electron chi connectivity index (χ4n) is 1.40. The molecule has 0 aliphatic rings. The van der Waals surface area contributed by atoms with Gasteiger partial charge in [0.1, 0.15) is 11.6 Å². The van der Waals surface area contributed by atoms with Crippen LogP contribution in [0.5, 0.6) is 10.8 Å². The molecule has 0 atom stereocenters. The number of hydrogen-bond acceptors (Lipinski definition) is 5. The van der Waals surface area contributed by atoms with Crippen LogP contribution in [-0.4, -0.2) is 10.7 Å². The van der Waals surface area contributed by atoms with E-state index in [0.29, 0.717) is 0 Å². The number of nitrogens with zero attached hydrogens (tertiary/aromatic N) is 1. The number of thiophene rings is 1. The highest BCUT2D eigenvalue weighted by Crippen LogP contribution is 2.41. The second kappa shape index (κ2) is 5.56. The normalized spacial score (nSPS) is 10.3. The van der Waals surface area contributed by atoms with Crippen molar-refractivity contribution >= 4 is 34.4 Å². The summed E-state index contributed by atoms with van der Waals surface area (Å²) in [6.45, 7) is 1.30. The lowest BCUT2D eigenvalue weighted by Gasteiger charge is -2.04. The van der Waals surface area contributed by atoms with Crippen molar-refractivity contribution in [1.29, 1.82) is 0 Å². The number of rotatable bonds is 4. The number of nitro groups is 1. The van der Waals surface area contributed by atoms with Crippen LogP contribution in [0.4, 0.5) is 10.1 Å². The number of ketones is 1. The molecule has 20 heavy (non-hydrogen) atoms. The number of ether oxygens (including phenoxy) is 1. The lowest BCUT2D eigenvalue weighted by atomic mass is 10.3. The zero-order valence-corrected chi connectivity index (χ0v) is 11.6. The summed E-state index contributed by atoms with van der Waals surface area (Å²) >= 11 is 6.62. The van der Waals surface area contributed by atoms with Gasteiger partial charge in [0, 0.05) is 6.07 Å². The van der Waals surface area contributed by atoms with Gasteiger partial charge in [0.25, 0.3) is 5.06 Å². The fraction of sp³-hybridized carbons (Fsp3) is 0.0833. The lowest BCUT2D eigenvalue weighted by molar-refractivity contribution is -0.385.